The zero-order chi connectivity index (χ0) is 16.7. The van der Waals surface area contributed by atoms with Crippen LogP contribution in [-0.2, 0) is 7.05 Å². The zero-order valence-corrected chi connectivity index (χ0v) is 13.6. The van der Waals surface area contributed by atoms with Crippen molar-refractivity contribution in [1.29, 1.82) is 0 Å². The molecular formula is C16H20N6O2. The second-order valence-corrected chi connectivity index (χ2v) is 6.52. The fourth-order valence-corrected chi connectivity index (χ4v) is 3.36. The van der Waals surface area contributed by atoms with E-state index in [1.54, 1.807) is 18.1 Å². The van der Waals surface area contributed by atoms with E-state index in [1.165, 1.54) is 17.1 Å². The average molecular weight is 328 g/mol. The maximum atomic E-state index is 12.4. The molecule has 2 aromatic heterocycles. The van der Waals surface area contributed by atoms with Crippen LogP contribution in [0.25, 0.3) is 0 Å². The van der Waals surface area contributed by atoms with E-state index in [9.17, 15) is 9.59 Å². The molecule has 2 fully saturated rings. The topological polar surface area (TPSA) is 85.9 Å². The van der Waals surface area contributed by atoms with Gasteiger partial charge >= 0.3 is 5.69 Å². The van der Waals surface area contributed by atoms with Crippen molar-refractivity contribution in [1.82, 2.24) is 29.2 Å². The maximum absolute atomic E-state index is 12.4. The van der Waals surface area contributed by atoms with Crippen LogP contribution in [-0.4, -0.2) is 48.2 Å². The molecule has 8 nitrogen and oxygen atoms in total. The Bertz CT molecular complexity index is 800. The molecule has 0 spiro atoms. The number of hydrogen-bond donors (Lipinski definition) is 0. The Kier molecular flexibility index (Phi) is 3.66. The van der Waals surface area contributed by atoms with Crippen molar-refractivity contribution in [3.05, 3.63) is 40.6 Å². The lowest BCUT2D eigenvalue weighted by Gasteiger charge is -2.32. The monoisotopic (exact) mass is 328 g/mol. The number of aryl methyl sites for hydroxylation is 1. The second kappa shape index (κ2) is 5.85. The summed E-state index contributed by atoms with van der Waals surface area (Å²) in [5, 5.41) is 4.42. The third kappa shape index (κ3) is 2.61. The zero-order valence-electron chi connectivity index (χ0n) is 13.6. The van der Waals surface area contributed by atoms with Gasteiger partial charge in [0.1, 0.15) is 11.5 Å². The molecule has 0 atom stereocenters. The fraction of sp³-hybridized carbons (Fsp3) is 0.562. The van der Waals surface area contributed by atoms with Gasteiger partial charge in [-0.3, -0.25) is 14.3 Å². The third-order valence-corrected chi connectivity index (χ3v) is 4.82. The summed E-state index contributed by atoms with van der Waals surface area (Å²) in [7, 11) is 1.71. The summed E-state index contributed by atoms with van der Waals surface area (Å²) in [4.78, 5) is 34.7. The Balaban J connectivity index is 1.49. The molecule has 24 heavy (non-hydrogen) atoms. The van der Waals surface area contributed by atoms with Crippen LogP contribution in [0, 0.1) is 0 Å². The van der Waals surface area contributed by atoms with Crippen molar-refractivity contribution in [2.75, 3.05) is 13.1 Å². The first-order chi connectivity index (χ1) is 11.6. The summed E-state index contributed by atoms with van der Waals surface area (Å²) in [5.74, 6) is 1.25. The highest BCUT2D eigenvalue weighted by molar-refractivity contribution is 5.92. The Hall–Kier alpha value is -2.51. The van der Waals surface area contributed by atoms with Crippen molar-refractivity contribution in [3.63, 3.8) is 0 Å². The molecule has 126 valence electrons. The Morgan fingerprint density at radius 3 is 2.54 bits per heavy atom. The lowest BCUT2D eigenvalue weighted by Crippen LogP contribution is -2.41. The standard InChI is InChI=1S/C16H20N6O2/c1-20-16(24)22(14(19-20)11-2-3-11)12-4-8-21(9-5-12)15(23)13-10-17-6-7-18-13/h6-7,10-12H,2-5,8-9H2,1H3. The normalized spacial score (nSPS) is 18.8. The van der Waals surface area contributed by atoms with Crippen molar-refractivity contribution in [2.24, 2.45) is 7.05 Å². The number of carbonyl (C=O) groups excluding carboxylic acids is 1. The minimum absolute atomic E-state index is 0.0457. The van der Waals surface area contributed by atoms with Gasteiger partial charge in [0.2, 0.25) is 0 Å². The summed E-state index contributed by atoms with van der Waals surface area (Å²) >= 11 is 0. The highest BCUT2D eigenvalue weighted by atomic mass is 16.2. The number of nitrogens with zero attached hydrogens (tertiary/aromatic N) is 6. The first-order valence-electron chi connectivity index (χ1n) is 8.36. The van der Waals surface area contributed by atoms with E-state index < -0.39 is 0 Å². The van der Waals surface area contributed by atoms with E-state index in [1.807, 2.05) is 4.57 Å². The number of rotatable bonds is 3. The molecule has 3 heterocycles. The smallest absolute Gasteiger partial charge is 0.337 e. The first-order valence-corrected chi connectivity index (χ1v) is 8.36. The van der Waals surface area contributed by atoms with Gasteiger partial charge in [0.15, 0.2) is 0 Å². The van der Waals surface area contributed by atoms with Gasteiger partial charge in [0.05, 0.1) is 6.20 Å². The van der Waals surface area contributed by atoms with E-state index in [0.717, 1.165) is 31.5 Å². The molecule has 2 aliphatic rings. The van der Waals surface area contributed by atoms with E-state index in [2.05, 4.69) is 15.1 Å². The largest absolute Gasteiger partial charge is 0.345 e. The molecule has 0 radical (unpaired) electrons. The third-order valence-electron chi connectivity index (χ3n) is 4.82. The minimum atomic E-state index is -0.0949. The van der Waals surface area contributed by atoms with Crippen molar-refractivity contribution in [3.8, 4) is 0 Å². The molecule has 0 unspecified atom stereocenters. The molecule has 8 heteroatoms. The number of piperidine rings is 1. The molecule has 1 saturated carbocycles. The van der Waals surface area contributed by atoms with Crippen LogP contribution in [0.1, 0.15) is 54.0 Å². The van der Waals surface area contributed by atoms with E-state index in [4.69, 9.17) is 0 Å². The lowest BCUT2D eigenvalue weighted by atomic mass is 10.0. The Morgan fingerprint density at radius 2 is 1.92 bits per heavy atom. The van der Waals surface area contributed by atoms with Gasteiger partial charge in [-0.15, -0.1) is 0 Å². The molecule has 0 aromatic carbocycles. The lowest BCUT2D eigenvalue weighted by molar-refractivity contribution is 0.0686. The molecule has 1 saturated heterocycles. The van der Waals surface area contributed by atoms with Crippen LogP contribution in [0.5, 0.6) is 0 Å². The minimum Gasteiger partial charge on any atom is -0.337 e. The van der Waals surface area contributed by atoms with Crippen molar-refractivity contribution in [2.45, 2.75) is 37.6 Å². The Labute approximate surface area is 139 Å². The van der Waals surface area contributed by atoms with Crippen LogP contribution in [0.3, 0.4) is 0 Å². The van der Waals surface area contributed by atoms with Crippen LogP contribution in [0.2, 0.25) is 0 Å². The number of carbonyl (C=O) groups is 1. The van der Waals surface area contributed by atoms with E-state index in [0.29, 0.717) is 24.7 Å². The van der Waals surface area contributed by atoms with Gasteiger partial charge in [-0.2, -0.15) is 5.10 Å². The molecule has 1 aliphatic heterocycles. The number of hydrogen-bond acceptors (Lipinski definition) is 5. The Morgan fingerprint density at radius 1 is 1.17 bits per heavy atom. The summed E-state index contributed by atoms with van der Waals surface area (Å²) in [6.07, 6.45) is 8.31. The van der Waals surface area contributed by atoms with Gasteiger partial charge in [-0.1, -0.05) is 0 Å². The van der Waals surface area contributed by atoms with Gasteiger partial charge in [-0.25, -0.2) is 14.5 Å². The molecular weight excluding hydrogens is 308 g/mol. The highest BCUT2D eigenvalue weighted by Gasteiger charge is 2.34. The van der Waals surface area contributed by atoms with Gasteiger partial charge in [-0.05, 0) is 25.7 Å². The van der Waals surface area contributed by atoms with Crippen LogP contribution in [0.4, 0.5) is 0 Å². The van der Waals surface area contributed by atoms with Gasteiger partial charge in [0.25, 0.3) is 5.91 Å². The molecule has 0 bridgehead atoms. The summed E-state index contributed by atoms with van der Waals surface area (Å²) < 4.78 is 3.30. The van der Waals surface area contributed by atoms with Gasteiger partial charge in [0, 0.05) is 44.5 Å². The molecule has 1 amide bonds. The number of aromatic nitrogens is 5. The SMILES string of the molecule is Cn1nc(C2CC2)n(C2CCN(C(=O)c3cnccn3)CC2)c1=O. The van der Waals surface area contributed by atoms with Crippen LogP contribution < -0.4 is 5.69 Å². The predicted molar refractivity (Wildman–Crippen MR) is 85.6 cm³/mol. The van der Waals surface area contributed by atoms with E-state index in [-0.39, 0.29) is 17.6 Å². The van der Waals surface area contributed by atoms with Crippen LogP contribution in [0.15, 0.2) is 23.4 Å². The summed E-state index contributed by atoms with van der Waals surface area (Å²) in [5.41, 5.74) is 0.323. The quantitative estimate of drug-likeness (QED) is 0.829. The predicted octanol–water partition coefficient (Wildman–Crippen LogP) is 0.726. The van der Waals surface area contributed by atoms with Gasteiger partial charge < -0.3 is 4.90 Å². The fourth-order valence-electron chi connectivity index (χ4n) is 3.36. The summed E-state index contributed by atoms with van der Waals surface area (Å²) in [6, 6.07) is 0.118. The molecule has 4 rings (SSSR count). The number of likely N-dealkylation sites (tertiary alicyclic amines) is 1. The molecule has 0 N–H and O–H groups in total. The van der Waals surface area contributed by atoms with Crippen molar-refractivity contribution >= 4 is 5.91 Å². The number of amides is 1. The maximum Gasteiger partial charge on any atom is 0.345 e. The highest BCUT2D eigenvalue weighted by Crippen LogP contribution is 2.40. The molecule has 2 aromatic rings. The first kappa shape index (κ1) is 15.0. The molecule has 1 aliphatic carbocycles. The summed E-state index contributed by atoms with van der Waals surface area (Å²) in [6.45, 7) is 1.23. The van der Waals surface area contributed by atoms with Crippen LogP contribution >= 0.6 is 0 Å². The van der Waals surface area contributed by atoms with E-state index >= 15 is 0 Å². The second-order valence-electron chi connectivity index (χ2n) is 6.52. The average Bonchev–Trinajstić information content (AvgIpc) is 3.42. The van der Waals surface area contributed by atoms with Crippen molar-refractivity contribution < 1.29 is 4.79 Å².